The average molecular weight is 221 g/mol. The van der Waals surface area contributed by atoms with E-state index < -0.39 is 11.6 Å². The molecule has 0 fully saturated rings. The molecule has 0 spiro atoms. The number of amides is 1. The number of halogens is 1. The fourth-order valence-corrected chi connectivity index (χ4v) is 1.07. The second kappa shape index (κ2) is 5.76. The smallest absolute Gasteiger partial charge is 0.216 e. The van der Waals surface area contributed by atoms with E-state index in [4.69, 9.17) is 0 Å². The van der Waals surface area contributed by atoms with E-state index >= 15 is 0 Å². The van der Waals surface area contributed by atoms with Crippen molar-refractivity contribution in [2.75, 3.05) is 6.54 Å². The van der Waals surface area contributed by atoms with Crippen LogP contribution in [0.25, 0.3) is 0 Å². The summed E-state index contributed by atoms with van der Waals surface area (Å²) in [5, 5.41) is 11.9. The average Bonchev–Trinajstić information content (AvgIpc) is 2.23. The third-order valence-corrected chi connectivity index (χ3v) is 1.83. The summed E-state index contributed by atoms with van der Waals surface area (Å²) >= 11 is 0. The van der Waals surface area contributed by atoms with Gasteiger partial charge in [0.25, 0.3) is 0 Å². The first-order valence-electron chi connectivity index (χ1n) is 4.82. The van der Waals surface area contributed by atoms with Crippen LogP contribution in [-0.4, -0.2) is 17.6 Å². The highest BCUT2D eigenvalue weighted by Crippen LogP contribution is 2.19. The number of benzene rings is 1. The minimum Gasteiger partial charge on any atom is -0.504 e. The predicted octanol–water partition coefficient (Wildman–Crippen LogP) is 1.41. The highest BCUT2D eigenvalue weighted by atomic mass is 19.1. The van der Waals surface area contributed by atoms with Gasteiger partial charge in [-0.2, -0.15) is 0 Å². The van der Waals surface area contributed by atoms with Gasteiger partial charge in [0, 0.05) is 19.9 Å². The number of phenolic OH excluding ortho intramolecular Hbond substituents is 1. The Labute approximate surface area is 93.3 Å². The number of carbonyl (C=O) groups excluding carboxylic acids is 1. The van der Waals surface area contributed by atoms with E-state index in [0.717, 1.165) is 6.07 Å². The number of hydrogen-bond acceptors (Lipinski definition) is 2. The maximum absolute atomic E-state index is 12.9. The van der Waals surface area contributed by atoms with Crippen LogP contribution in [0.2, 0.25) is 0 Å². The number of carbonyl (C=O) groups is 1. The lowest BCUT2D eigenvalue weighted by molar-refractivity contribution is -0.118. The number of para-hydroxylation sites is 1. The molecule has 0 heterocycles. The molecule has 4 heteroatoms. The molecule has 1 rings (SSSR count). The van der Waals surface area contributed by atoms with Gasteiger partial charge in [-0.05, 0) is 12.1 Å². The van der Waals surface area contributed by atoms with Gasteiger partial charge in [0.15, 0.2) is 11.6 Å². The zero-order chi connectivity index (χ0) is 12.0. The van der Waals surface area contributed by atoms with Gasteiger partial charge in [0.2, 0.25) is 5.91 Å². The summed E-state index contributed by atoms with van der Waals surface area (Å²) in [6.45, 7) is 1.87. The van der Waals surface area contributed by atoms with Crippen molar-refractivity contribution in [2.24, 2.45) is 0 Å². The van der Waals surface area contributed by atoms with Gasteiger partial charge in [0.1, 0.15) is 0 Å². The van der Waals surface area contributed by atoms with Crippen LogP contribution in [0, 0.1) is 17.7 Å². The predicted molar refractivity (Wildman–Crippen MR) is 58.2 cm³/mol. The van der Waals surface area contributed by atoms with Gasteiger partial charge in [0.05, 0.1) is 5.56 Å². The molecule has 1 aromatic carbocycles. The summed E-state index contributed by atoms with van der Waals surface area (Å²) in [5.41, 5.74) is 0.253. The molecule has 0 saturated carbocycles. The monoisotopic (exact) mass is 221 g/mol. The van der Waals surface area contributed by atoms with E-state index in [9.17, 15) is 14.3 Å². The first kappa shape index (κ1) is 12.1. The van der Waals surface area contributed by atoms with E-state index in [1.165, 1.54) is 19.1 Å². The molecule has 0 radical (unpaired) electrons. The summed E-state index contributed by atoms with van der Waals surface area (Å²) in [4.78, 5) is 10.5. The lowest BCUT2D eigenvalue weighted by atomic mass is 10.2. The van der Waals surface area contributed by atoms with Crippen molar-refractivity contribution in [3.8, 4) is 17.6 Å². The first-order chi connectivity index (χ1) is 7.61. The Bertz CT molecular complexity index is 446. The van der Waals surface area contributed by atoms with Crippen LogP contribution >= 0.6 is 0 Å². The van der Waals surface area contributed by atoms with E-state index in [-0.39, 0.29) is 11.5 Å². The highest BCUT2D eigenvalue weighted by Gasteiger charge is 2.02. The van der Waals surface area contributed by atoms with E-state index in [1.54, 1.807) is 0 Å². The molecule has 1 amide bonds. The number of rotatable bonds is 2. The maximum atomic E-state index is 12.9. The van der Waals surface area contributed by atoms with Crippen molar-refractivity contribution in [1.29, 1.82) is 0 Å². The Morgan fingerprint density at radius 1 is 1.56 bits per heavy atom. The Morgan fingerprint density at radius 2 is 2.31 bits per heavy atom. The van der Waals surface area contributed by atoms with Crippen LogP contribution in [0.1, 0.15) is 18.9 Å². The SMILES string of the molecule is CC(=O)NCCC#Cc1cccc(F)c1O. The number of aromatic hydroxyl groups is 1. The molecule has 1 aromatic rings. The van der Waals surface area contributed by atoms with Crippen LogP contribution in [0.15, 0.2) is 18.2 Å². The molecule has 84 valence electrons. The molecule has 2 N–H and O–H groups in total. The Kier molecular flexibility index (Phi) is 4.34. The van der Waals surface area contributed by atoms with Crippen molar-refractivity contribution in [1.82, 2.24) is 5.32 Å². The normalized spacial score (nSPS) is 9.12. The van der Waals surface area contributed by atoms with Crippen LogP contribution in [0.4, 0.5) is 4.39 Å². The maximum Gasteiger partial charge on any atom is 0.216 e. The van der Waals surface area contributed by atoms with Crippen LogP contribution in [0.5, 0.6) is 5.75 Å². The molecule has 3 nitrogen and oxygen atoms in total. The number of hydrogen-bond donors (Lipinski definition) is 2. The topological polar surface area (TPSA) is 49.3 Å². The summed E-state index contributed by atoms with van der Waals surface area (Å²) in [6, 6.07) is 4.18. The lowest BCUT2D eigenvalue weighted by Crippen LogP contribution is -2.20. The molecular formula is C12H12FNO2. The standard InChI is InChI=1S/C12H12FNO2/c1-9(15)14-8-3-2-5-10-6-4-7-11(13)12(10)16/h4,6-7,16H,3,8H2,1H3,(H,14,15). The molecular weight excluding hydrogens is 209 g/mol. The van der Waals surface area contributed by atoms with Gasteiger partial charge in [-0.25, -0.2) is 4.39 Å². The van der Waals surface area contributed by atoms with Crippen LogP contribution in [-0.2, 0) is 4.79 Å². The van der Waals surface area contributed by atoms with Crippen molar-refractivity contribution in [2.45, 2.75) is 13.3 Å². The van der Waals surface area contributed by atoms with Crippen molar-refractivity contribution in [3.05, 3.63) is 29.6 Å². The second-order valence-electron chi connectivity index (χ2n) is 3.17. The Hall–Kier alpha value is -2.02. The summed E-state index contributed by atoms with van der Waals surface area (Å²) in [5.74, 6) is 4.13. The second-order valence-corrected chi connectivity index (χ2v) is 3.17. The molecule has 0 aliphatic rings. The third-order valence-electron chi connectivity index (χ3n) is 1.83. The Morgan fingerprint density at radius 3 is 3.00 bits per heavy atom. The molecule has 0 aliphatic heterocycles. The summed E-state index contributed by atoms with van der Waals surface area (Å²) < 4.78 is 12.9. The zero-order valence-electron chi connectivity index (χ0n) is 8.88. The van der Waals surface area contributed by atoms with Crippen molar-refractivity contribution in [3.63, 3.8) is 0 Å². The molecule has 0 saturated heterocycles. The van der Waals surface area contributed by atoms with Crippen LogP contribution in [0.3, 0.4) is 0 Å². The van der Waals surface area contributed by atoms with Gasteiger partial charge >= 0.3 is 0 Å². The van der Waals surface area contributed by atoms with Gasteiger partial charge in [-0.3, -0.25) is 4.79 Å². The first-order valence-corrected chi connectivity index (χ1v) is 4.82. The quantitative estimate of drug-likeness (QED) is 0.586. The number of nitrogens with one attached hydrogen (secondary N) is 1. The zero-order valence-corrected chi connectivity index (χ0v) is 8.88. The fraction of sp³-hybridized carbons (Fsp3) is 0.250. The van der Waals surface area contributed by atoms with Crippen molar-refractivity contribution >= 4 is 5.91 Å². The van der Waals surface area contributed by atoms with Gasteiger partial charge < -0.3 is 10.4 Å². The van der Waals surface area contributed by atoms with E-state index in [1.807, 2.05) is 0 Å². The molecule has 0 bridgehead atoms. The largest absolute Gasteiger partial charge is 0.504 e. The lowest BCUT2D eigenvalue weighted by Gasteiger charge is -1.97. The fourth-order valence-electron chi connectivity index (χ4n) is 1.07. The minimum atomic E-state index is -0.686. The van der Waals surface area contributed by atoms with Crippen molar-refractivity contribution < 1.29 is 14.3 Å². The Balaban J connectivity index is 2.56. The number of phenols is 1. The summed E-state index contributed by atoms with van der Waals surface area (Å²) in [7, 11) is 0. The molecule has 0 aromatic heterocycles. The van der Waals surface area contributed by atoms with Gasteiger partial charge in [-0.15, -0.1) is 0 Å². The highest BCUT2D eigenvalue weighted by molar-refractivity contribution is 5.72. The molecule has 0 atom stereocenters. The minimum absolute atomic E-state index is 0.115. The summed E-state index contributed by atoms with van der Waals surface area (Å²) in [6.07, 6.45) is 0.454. The van der Waals surface area contributed by atoms with E-state index in [2.05, 4.69) is 17.2 Å². The third kappa shape index (κ3) is 3.62. The molecule has 16 heavy (non-hydrogen) atoms. The van der Waals surface area contributed by atoms with E-state index in [0.29, 0.717) is 13.0 Å². The molecule has 0 aliphatic carbocycles. The van der Waals surface area contributed by atoms with Gasteiger partial charge in [-0.1, -0.05) is 17.9 Å². The van der Waals surface area contributed by atoms with Crippen LogP contribution < -0.4 is 5.32 Å². The molecule has 0 unspecified atom stereocenters.